The van der Waals surface area contributed by atoms with Crippen molar-refractivity contribution in [3.05, 3.63) is 59.9 Å². The Bertz CT molecular complexity index is 799. The molecule has 5 nitrogen and oxygen atoms in total. The summed E-state index contributed by atoms with van der Waals surface area (Å²) in [5, 5.41) is 14.6. The zero-order valence-electron chi connectivity index (χ0n) is 12.6. The van der Waals surface area contributed by atoms with Crippen molar-refractivity contribution in [2.45, 2.75) is 11.3 Å². The summed E-state index contributed by atoms with van der Waals surface area (Å²) >= 11 is 1.14. The van der Waals surface area contributed by atoms with E-state index < -0.39 is 16.7 Å². The second-order valence-corrected chi connectivity index (χ2v) is 6.59. The number of benzene rings is 2. The van der Waals surface area contributed by atoms with Crippen LogP contribution in [0.5, 0.6) is 0 Å². The van der Waals surface area contributed by atoms with Gasteiger partial charge in [0.25, 0.3) is 5.91 Å². The first kappa shape index (κ1) is 16.3. The normalized spacial score (nSPS) is 18.8. The van der Waals surface area contributed by atoms with Crippen molar-refractivity contribution in [2.24, 2.45) is 0 Å². The molecule has 1 amide bonds. The zero-order valence-corrected chi connectivity index (χ0v) is 13.4. The Labute approximate surface area is 142 Å². The van der Waals surface area contributed by atoms with Crippen LogP contribution in [0.2, 0.25) is 0 Å². The molecule has 0 fully saturated rings. The predicted molar refractivity (Wildman–Crippen MR) is 91.5 cm³/mol. The van der Waals surface area contributed by atoms with Crippen LogP contribution in [0.25, 0.3) is 0 Å². The third kappa shape index (κ3) is 2.94. The van der Waals surface area contributed by atoms with Crippen LogP contribution in [0, 0.1) is 5.82 Å². The molecule has 0 aliphatic carbocycles. The van der Waals surface area contributed by atoms with Gasteiger partial charge in [0, 0.05) is 17.0 Å². The van der Waals surface area contributed by atoms with Gasteiger partial charge in [-0.2, -0.15) is 0 Å². The van der Waals surface area contributed by atoms with Crippen molar-refractivity contribution >= 4 is 35.0 Å². The third-order valence-corrected chi connectivity index (χ3v) is 5.04. The fourth-order valence-corrected chi connectivity index (χ4v) is 3.86. The van der Waals surface area contributed by atoms with Crippen LogP contribution in [0.15, 0.2) is 48.5 Å². The van der Waals surface area contributed by atoms with Gasteiger partial charge in [0.15, 0.2) is 4.87 Å². The van der Waals surface area contributed by atoms with Gasteiger partial charge in [-0.25, -0.2) is 4.39 Å². The van der Waals surface area contributed by atoms with E-state index in [1.54, 1.807) is 42.5 Å². The predicted octanol–water partition coefficient (Wildman–Crippen LogP) is 3.25. The monoisotopic (exact) mass is 346 g/mol. The minimum absolute atomic E-state index is 0.0964. The average molecular weight is 346 g/mol. The molecule has 2 aromatic carbocycles. The number of hydrogen-bond acceptors (Lipinski definition) is 4. The highest BCUT2D eigenvalue weighted by atomic mass is 32.2. The highest BCUT2D eigenvalue weighted by Crippen LogP contribution is 2.46. The van der Waals surface area contributed by atoms with E-state index in [-0.39, 0.29) is 23.8 Å². The molecule has 124 valence electrons. The number of nitrogens with one attached hydrogen (secondary N) is 2. The summed E-state index contributed by atoms with van der Waals surface area (Å²) in [5.74, 6) is -1.57. The SMILES string of the molecule is O=C(O)CCSC1(Nc2ccccc2F)C(=O)Nc2ccccc21. The second-order valence-electron chi connectivity index (χ2n) is 5.28. The van der Waals surface area contributed by atoms with Gasteiger partial charge in [0.05, 0.1) is 12.1 Å². The summed E-state index contributed by atoms with van der Waals surface area (Å²) in [6.07, 6.45) is -0.0964. The lowest BCUT2D eigenvalue weighted by Crippen LogP contribution is -2.39. The number of aliphatic carboxylic acids is 1. The van der Waals surface area contributed by atoms with Gasteiger partial charge in [-0.05, 0) is 18.2 Å². The molecular formula is C17H15FN2O3S. The molecule has 3 rings (SSSR count). The van der Waals surface area contributed by atoms with Gasteiger partial charge in [-0.1, -0.05) is 30.3 Å². The van der Waals surface area contributed by atoms with E-state index in [1.165, 1.54) is 6.07 Å². The van der Waals surface area contributed by atoms with Crippen molar-refractivity contribution in [2.75, 3.05) is 16.4 Å². The van der Waals surface area contributed by atoms with Crippen LogP contribution in [0.1, 0.15) is 12.0 Å². The number of thioether (sulfide) groups is 1. The molecule has 24 heavy (non-hydrogen) atoms. The molecule has 0 spiro atoms. The van der Waals surface area contributed by atoms with Crippen molar-refractivity contribution in [1.82, 2.24) is 0 Å². The molecule has 1 aliphatic rings. The number of anilines is 2. The first-order valence-corrected chi connectivity index (χ1v) is 8.31. The molecule has 0 radical (unpaired) electrons. The molecular weight excluding hydrogens is 331 g/mol. The van der Waals surface area contributed by atoms with E-state index in [9.17, 15) is 14.0 Å². The Hall–Kier alpha value is -2.54. The molecule has 0 saturated heterocycles. The largest absolute Gasteiger partial charge is 0.481 e. The molecule has 1 atom stereocenters. The van der Waals surface area contributed by atoms with E-state index in [1.807, 2.05) is 0 Å². The Kier molecular flexibility index (Phi) is 4.44. The van der Waals surface area contributed by atoms with E-state index in [4.69, 9.17) is 5.11 Å². The number of hydrogen-bond donors (Lipinski definition) is 3. The number of carboxylic acid groups (broad SMARTS) is 1. The maximum Gasteiger partial charge on any atom is 0.304 e. The summed E-state index contributed by atoms with van der Waals surface area (Å²) < 4.78 is 14.1. The number of carbonyl (C=O) groups excluding carboxylic acids is 1. The number of carboxylic acids is 1. The summed E-state index contributed by atoms with van der Waals surface area (Å²) in [6, 6.07) is 13.2. The van der Waals surface area contributed by atoms with Crippen LogP contribution < -0.4 is 10.6 Å². The standard InChI is InChI=1S/C17H15FN2O3S/c18-12-6-2-4-8-14(12)20-17(24-10-9-15(21)22)11-5-1-3-7-13(11)19-16(17)23/h1-8,20H,9-10H2,(H,19,23)(H,21,22). The van der Waals surface area contributed by atoms with E-state index in [0.717, 1.165) is 11.8 Å². The molecule has 0 saturated carbocycles. The number of carbonyl (C=O) groups is 2. The summed E-state index contributed by atoms with van der Waals surface area (Å²) in [7, 11) is 0. The smallest absolute Gasteiger partial charge is 0.304 e. The van der Waals surface area contributed by atoms with Crippen LogP contribution in [-0.4, -0.2) is 22.7 Å². The molecule has 3 N–H and O–H groups in total. The van der Waals surface area contributed by atoms with Crippen molar-refractivity contribution in [1.29, 1.82) is 0 Å². The Morgan fingerprint density at radius 2 is 1.92 bits per heavy atom. The maximum absolute atomic E-state index is 14.1. The van der Waals surface area contributed by atoms with E-state index in [0.29, 0.717) is 11.3 Å². The lowest BCUT2D eigenvalue weighted by atomic mass is 10.1. The van der Waals surface area contributed by atoms with Gasteiger partial charge in [0.1, 0.15) is 5.82 Å². The highest BCUT2D eigenvalue weighted by Gasteiger charge is 2.47. The second kappa shape index (κ2) is 6.52. The molecule has 1 heterocycles. The summed E-state index contributed by atoms with van der Waals surface area (Å²) in [6.45, 7) is 0. The van der Waals surface area contributed by atoms with Gasteiger partial charge in [-0.3, -0.25) is 9.59 Å². The number of para-hydroxylation sites is 2. The van der Waals surface area contributed by atoms with Crippen LogP contribution in [-0.2, 0) is 14.5 Å². The third-order valence-electron chi connectivity index (χ3n) is 3.69. The summed E-state index contributed by atoms with van der Waals surface area (Å²) in [4.78, 5) is 22.2. The van der Waals surface area contributed by atoms with Crippen molar-refractivity contribution in [3.63, 3.8) is 0 Å². The van der Waals surface area contributed by atoms with Crippen LogP contribution in [0.4, 0.5) is 15.8 Å². The number of rotatable bonds is 6. The lowest BCUT2D eigenvalue weighted by molar-refractivity contribution is -0.136. The quantitative estimate of drug-likeness (QED) is 0.700. The van der Waals surface area contributed by atoms with Crippen molar-refractivity contribution in [3.8, 4) is 0 Å². The Morgan fingerprint density at radius 1 is 1.21 bits per heavy atom. The Morgan fingerprint density at radius 3 is 2.67 bits per heavy atom. The minimum atomic E-state index is -1.27. The van der Waals surface area contributed by atoms with Gasteiger partial charge < -0.3 is 15.7 Å². The molecule has 0 aromatic heterocycles. The van der Waals surface area contributed by atoms with E-state index >= 15 is 0 Å². The summed E-state index contributed by atoms with van der Waals surface area (Å²) in [5.41, 5.74) is 1.48. The molecule has 0 bridgehead atoms. The van der Waals surface area contributed by atoms with Gasteiger partial charge in [0.2, 0.25) is 0 Å². The fourth-order valence-electron chi connectivity index (χ4n) is 2.58. The minimum Gasteiger partial charge on any atom is -0.481 e. The Balaban J connectivity index is 2.00. The van der Waals surface area contributed by atoms with Crippen LogP contribution >= 0.6 is 11.8 Å². The first-order chi connectivity index (χ1) is 11.5. The van der Waals surface area contributed by atoms with Crippen molar-refractivity contribution < 1.29 is 19.1 Å². The fraction of sp³-hybridized carbons (Fsp3) is 0.176. The topological polar surface area (TPSA) is 78.4 Å². The molecule has 2 aromatic rings. The maximum atomic E-state index is 14.1. The zero-order chi connectivity index (χ0) is 17.2. The average Bonchev–Trinajstić information content (AvgIpc) is 2.82. The van der Waals surface area contributed by atoms with E-state index in [2.05, 4.69) is 10.6 Å². The highest BCUT2D eigenvalue weighted by molar-refractivity contribution is 8.01. The molecule has 1 aliphatic heterocycles. The van der Waals surface area contributed by atoms with Gasteiger partial charge in [-0.15, -0.1) is 11.8 Å². The number of fused-ring (bicyclic) bond motifs is 1. The molecule has 1 unspecified atom stereocenters. The lowest BCUT2D eigenvalue weighted by Gasteiger charge is -2.29. The first-order valence-electron chi connectivity index (χ1n) is 7.32. The molecule has 7 heteroatoms. The number of halogens is 1. The van der Waals surface area contributed by atoms with Gasteiger partial charge >= 0.3 is 5.97 Å². The van der Waals surface area contributed by atoms with Crippen LogP contribution in [0.3, 0.4) is 0 Å². The number of amides is 1.